The van der Waals surface area contributed by atoms with E-state index in [2.05, 4.69) is 5.32 Å². The summed E-state index contributed by atoms with van der Waals surface area (Å²) < 4.78 is 10.3. The van der Waals surface area contributed by atoms with E-state index in [0.29, 0.717) is 26.4 Å². The second-order valence-corrected chi connectivity index (χ2v) is 2.98. The van der Waals surface area contributed by atoms with Crippen molar-refractivity contribution >= 4 is 11.9 Å². The molecule has 0 spiro atoms. The molecule has 1 fully saturated rings. The summed E-state index contributed by atoms with van der Waals surface area (Å²) in [4.78, 5) is 21.2. The van der Waals surface area contributed by atoms with Crippen LogP contribution in [0.3, 0.4) is 0 Å². The number of carboxylic acids is 1. The van der Waals surface area contributed by atoms with Gasteiger partial charge in [-0.3, -0.25) is 9.59 Å². The van der Waals surface area contributed by atoms with Gasteiger partial charge >= 0.3 is 5.97 Å². The Balaban J connectivity index is 2.27. The largest absolute Gasteiger partial charge is 0.481 e. The van der Waals surface area contributed by atoms with Gasteiger partial charge in [-0.1, -0.05) is 0 Å². The lowest BCUT2D eigenvalue weighted by Gasteiger charge is -2.14. The highest BCUT2D eigenvalue weighted by Crippen LogP contribution is 1.95. The Morgan fingerprint density at radius 3 is 2.36 bits per heavy atom. The number of carbonyl (C=O) groups excluding carboxylic acids is 1. The first kappa shape index (κ1) is 10.9. The molecule has 14 heavy (non-hydrogen) atoms. The first-order valence-corrected chi connectivity index (χ1v) is 4.35. The van der Waals surface area contributed by atoms with Crippen molar-refractivity contribution in [3.05, 3.63) is 0 Å². The Morgan fingerprint density at radius 1 is 1.29 bits per heavy atom. The van der Waals surface area contributed by atoms with Crippen molar-refractivity contribution in [2.24, 2.45) is 0 Å². The van der Waals surface area contributed by atoms with E-state index in [1.807, 2.05) is 0 Å². The third-order valence-corrected chi connectivity index (χ3v) is 1.69. The van der Waals surface area contributed by atoms with Gasteiger partial charge in [-0.25, -0.2) is 0 Å². The van der Waals surface area contributed by atoms with E-state index < -0.39 is 18.3 Å². The number of ether oxygens (including phenoxy) is 2. The van der Waals surface area contributed by atoms with Gasteiger partial charge in [-0.05, 0) is 0 Å². The number of aliphatic carboxylic acids is 1. The summed E-state index contributed by atoms with van der Waals surface area (Å²) in [6.07, 6.45) is -0.517. The minimum Gasteiger partial charge on any atom is -0.481 e. The number of rotatable bonds is 3. The molecular weight excluding hydrogens is 190 g/mol. The van der Waals surface area contributed by atoms with Gasteiger partial charge in [0, 0.05) is 0 Å². The third-order valence-electron chi connectivity index (χ3n) is 1.69. The molecule has 0 unspecified atom stereocenters. The zero-order chi connectivity index (χ0) is 10.4. The normalized spacial score (nSPS) is 18.6. The van der Waals surface area contributed by atoms with E-state index in [1.165, 1.54) is 0 Å². The first-order valence-electron chi connectivity index (χ1n) is 4.35. The molecule has 1 aliphatic heterocycles. The van der Waals surface area contributed by atoms with Crippen molar-refractivity contribution in [2.75, 3.05) is 26.4 Å². The van der Waals surface area contributed by atoms with Gasteiger partial charge < -0.3 is 19.9 Å². The molecule has 80 valence electrons. The van der Waals surface area contributed by atoms with Gasteiger partial charge in [0.1, 0.15) is 6.42 Å². The fourth-order valence-corrected chi connectivity index (χ4v) is 1.12. The van der Waals surface area contributed by atoms with Crippen LogP contribution >= 0.6 is 0 Å². The van der Waals surface area contributed by atoms with Gasteiger partial charge in [0.15, 0.2) is 0 Å². The second kappa shape index (κ2) is 5.56. The van der Waals surface area contributed by atoms with E-state index in [9.17, 15) is 9.59 Å². The summed E-state index contributed by atoms with van der Waals surface area (Å²) in [6, 6.07) is -0.246. The zero-order valence-electron chi connectivity index (χ0n) is 7.69. The topological polar surface area (TPSA) is 84.9 Å². The van der Waals surface area contributed by atoms with Crippen molar-refractivity contribution in [1.82, 2.24) is 5.32 Å². The number of hydrogen-bond donors (Lipinski definition) is 2. The molecule has 0 saturated carbocycles. The fraction of sp³-hybridized carbons (Fsp3) is 0.750. The Kier molecular flexibility index (Phi) is 4.34. The van der Waals surface area contributed by atoms with Crippen LogP contribution in [0.25, 0.3) is 0 Å². The molecule has 0 aromatic heterocycles. The van der Waals surface area contributed by atoms with Crippen LogP contribution in [0.5, 0.6) is 0 Å². The van der Waals surface area contributed by atoms with Crippen LogP contribution < -0.4 is 5.32 Å². The predicted octanol–water partition coefficient (Wildman–Crippen LogP) is -1.01. The molecule has 6 heteroatoms. The van der Waals surface area contributed by atoms with Gasteiger partial charge in [-0.15, -0.1) is 0 Å². The SMILES string of the molecule is O=C(O)CC(=O)NC1COCCOC1. The molecule has 1 aliphatic rings. The van der Waals surface area contributed by atoms with Crippen LogP contribution in [-0.2, 0) is 19.1 Å². The van der Waals surface area contributed by atoms with E-state index in [4.69, 9.17) is 14.6 Å². The fourth-order valence-electron chi connectivity index (χ4n) is 1.12. The van der Waals surface area contributed by atoms with Crippen LogP contribution in [0.15, 0.2) is 0 Å². The molecule has 1 rings (SSSR count). The highest BCUT2D eigenvalue weighted by atomic mass is 16.5. The maximum Gasteiger partial charge on any atom is 0.312 e. The van der Waals surface area contributed by atoms with Gasteiger partial charge in [-0.2, -0.15) is 0 Å². The average molecular weight is 203 g/mol. The van der Waals surface area contributed by atoms with E-state index in [0.717, 1.165) is 0 Å². The molecule has 0 radical (unpaired) electrons. The molecule has 1 heterocycles. The molecule has 0 atom stereocenters. The lowest BCUT2D eigenvalue weighted by Crippen LogP contribution is -2.41. The Bertz CT molecular complexity index is 210. The molecule has 0 aromatic rings. The minimum atomic E-state index is -1.14. The molecule has 2 N–H and O–H groups in total. The summed E-state index contributed by atoms with van der Waals surface area (Å²) in [5.41, 5.74) is 0. The predicted molar refractivity (Wildman–Crippen MR) is 45.8 cm³/mol. The summed E-state index contributed by atoms with van der Waals surface area (Å²) in [5, 5.41) is 10.9. The molecule has 1 amide bonds. The van der Waals surface area contributed by atoms with Crippen molar-refractivity contribution in [3.63, 3.8) is 0 Å². The minimum absolute atomic E-state index is 0.246. The number of carboxylic acid groups (broad SMARTS) is 1. The Hall–Kier alpha value is -1.14. The Morgan fingerprint density at radius 2 is 1.86 bits per heavy atom. The lowest BCUT2D eigenvalue weighted by atomic mass is 10.3. The van der Waals surface area contributed by atoms with Crippen LogP contribution in [0, 0.1) is 0 Å². The lowest BCUT2D eigenvalue weighted by molar-refractivity contribution is -0.141. The second-order valence-electron chi connectivity index (χ2n) is 2.98. The quantitative estimate of drug-likeness (QED) is 0.574. The first-order chi connectivity index (χ1) is 6.68. The number of hydrogen-bond acceptors (Lipinski definition) is 4. The van der Waals surface area contributed by atoms with E-state index in [-0.39, 0.29) is 6.04 Å². The smallest absolute Gasteiger partial charge is 0.312 e. The summed E-state index contributed by atoms with van der Waals surface area (Å²) in [5.74, 6) is -1.66. The Labute approximate surface area is 81.2 Å². The van der Waals surface area contributed by atoms with Crippen LogP contribution in [0.4, 0.5) is 0 Å². The number of carbonyl (C=O) groups is 2. The molecule has 6 nitrogen and oxygen atoms in total. The summed E-state index contributed by atoms with van der Waals surface area (Å²) in [6.45, 7) is 1.74. The van der Waals surface area contributed by atoms with E-state index >= 15 is 0 Å². The molecular formula is C8H13NO5. The van der Waals surface area contributed by atoms with Gasteiger partial charge in [0.05, 0.1) is 32.5 Å². The van der Waals surface area contributed by atoms with Crippen LogP contribution in [0.1, 0.15) is 6.42 Å². The summed E-state index contributed by atoms with van der Waals surface area (Å²) >= 11 is 0. The van der Waals surface area contributed by atoms with E-state index in [1.54, 1.807) is 0 Å². The zero-order valence-corrected chi connectivity index (χ0v) is 7.69. The van der Waals surface area contributed by atoms with Crippen molar-refractivity contribution in [1.29, 1.82) is 0 Å². The molecule has 0 aromatic carbocycles. The van der Waals surface area contributed by atoms with Gasteiger partial charge in [0.25, 0.3) is 0 Å². The standard InChI is InChI=1S/C8H13NO5/c10-7(3-8(11)12)9-6-4-13-1-2-14-5-6/h6H,1-5H2,(H,9,10)(H,11,12). The maximum atomic E-state index is 11.0. The average Bonchev–Trinajstić information content (AvgIpc) is 2.31. The van der Waals surface area contributed by atoms with Crippen molar-refractivity contribution in [3.8, 4) is 0 Å². The highest BCUT2D eigenvalue weighted by Gasteiger charge is 2.16. The molecule has 0 bridgehead atoms. The third kappa shape index (κ3) is 4.20. The summed E-state index contributed by atoms with van der Waals surface area (Å²) in [7, 11) is 0. The van der Waals surface area contributed by atoms with Crippen LogP contribution in [-0.4, -0.2) is 49.5 Å². The van der Waals surface area contributed by atoms with Crippen LogP contribution in [0.2, 0.25) is 0 Å². The monoisotopic (exact) mass is 203 g/mol. The van der Waals surface area contributed by atoms with Gasteiger partial charge in [0.2, 0.25) is 5.91 Å². The highest BCUT2D eigenvalue weighted by molar-refractivity contribution is 5.93. The van der Waals surface area contributed by atoms with Crippen molar-refractivity contribution < 1.29 is 24.2 Å². The maximum absolute atomic E-state index is 11.0. The van der Waals surface area contributed by atoms with Crippen molar-refractivity contribution in [2.45, 2.75) is 12.5 Å². The number of nitrogens with one attached hydrogen (secondary N) is 1. The molecule has 1 saturated heterocycles. The number of amides is 1. The molecule has 0 aliphatic carbocycles.